The number of benzene rings is 2. The largest absolute Gasteiger partial charge is 0.466 e. The van der Waals surface area contributed by atoms with Gasteiger partial charge in [-0.25, -0.2) is 9.59 Å². The van der Waals surface area contributed by atoms with Crippen molar-refractivity contribution >= 4 is 29.2 Å². The van der Waals surface area contributed by atoms with E-state index in [-0.39, 0.29) is 35.0 Å². The number of methoxy groups -OCH3 is 2. The molecule has 1 unspecified atom stereocenters. The third kappa shape index (κ3) is 4.10. The first-order valence-corrected chi connectivity index (χ1v) is 11.6. The molecule has 1 atom stereocenters. The highest BCUT2D eigenvalue weighted by Gasteiger charge is 2.44. The summed E-state index contributed by atoms with van der Waals surface area (Å²) in [6.45, 7) is 3.91. The van der Waals surface area contributed by atoms with E-state index in [0.29, 0.717) is 11.3 Å². The number of carbonyl (C=O) groups excluding carboxylic acids is 3. The first-order chi connectivity index (χ1) is 17.6. The highest BCUT2D eigenvalue weighted by Crippen LogP contribution is 2.46. The van der Waals surface area contributed by atoms with Crippen LogP contribution in [0.1, 0.15) is 37.3 Å². The van der Waals surface area contributed by atoms with Gasteiger partial charge in [-0.05, 0) is 29.3 Å². The van der Waals surface area contributed by atoms with Crippen LogP contribution in [-0.2, 0) is 29.3 Å². The van der Waals surface area contributed by atoms with Crippen LogP contribution in [0.15, 0.2) is 71.2 Å². The van der Waals surface area contributed by atoms with E-state index in [4.69, 9.17) is 15.2 Å². The molecule has 2 aromatic carbocycles. The Morgan fingerprint density at radius 2 is 1.73 bits per heavy atom. The number of nitrogens with zero attached hydrogens (tertiary/aromatic N) is 3. The fourth-order valence-corrected chi connectivity index (χ4v) is 5.01. The third-order valence-corrected chi connectivity index (χ3v) is 6.91. The molecule has 4 rings (SSSR count). The van der Waals surface area contributed by atoms with Gasteiger partial charge in [0.15, 0.2) is 0 Å². The Bertz CT molecular complexity index is 1400. The summed E-state index contributed by atoms with van der Waals surface area (Å²) in [6, 6.07) is 16.2. The number of rotatable bonds is 4. The van der Waals surface area contributed by atoms with Crippen molar-refractivity contribution < 1.29 is 23.9 Å². The molecule has 9 heteroatoms. The quantitative estimate of drug-likeness (QED) is 0.634. The molecule has 37 heavy (non-hydrogen) atoms. The number of allylic oxidation sites excluding steroid dienone is 1. The van der Waals surface area contributed by atoms with E-state index in [1.54, 1.807) is 54.4 Å². The van der Waals surface area contributed by atoms with E-state index in [1.807, 2.05) is 19.9 Å². The number of anilines is 2. The molecule has 0 spiro atoms. The summed E-state index contributed by atoms with van der Waals surface area (Å²) in [7, 11) is 4.12. The maximum absolute atomic E-state index is 13.3. The Morgan fingerprint density at radius 1 is 1.08 bits per heavy atom. The molecule has 0 saturated heterocycles. The minimum Gasteiger partial charge on any atom is -0.466 e. The van der Waals surface area contributed by atoms with Crippen LogP contribution in [0.4, 0.5) is 11.4 Å². The Labute approximate surface area is 215 Å². The van der Waals surface area contributed by atoms with E-state index >= 15 is 0 Å². The fraction of sp³-hybridized carbons (Fsp3) is 0.286. The number of hydrogen-bond donors (Lipinski definition) is 1. The maximum Gasteiger partial charge on any atom is 0.355 e. The van der Waals surface area contributed by atoms with Crippen LogP contribution in [0.3, 0.4) is 0 Å². The molecule has 0 aromatic heterocycles. The van der Waals surface area contributed by atoms with Crippen LogP contribution >= 0.6 is 0 Å². The van der Waals surface area contributed by atoms with Gasteiger partial charge in [-0.1, -0.05) is 44.2 Å². The van der Waals surface area contributed by atoms with Crippen LogP contribution in [-0.4, -0.2) is 39.1 Å². The van der Waals surface area contributed by atoms with E-state index in [2.05, 4.69) is 6.07 Å². The number of esters is 2. The molecular formula is C28H28N4O5. The van der Waals surface area contributed by atoms with E-state index in [9.17, 15) is 19.6 Å². The zero-order valence-corrected chi connectivity index (χ0v) is 21.4. The van der Waals surface area contributed by atoms with Crippen molar-refractivity contribution in [1.82, 2.24) is 0 Å². The van der Waals surface area contributed by atoms with Crippen LogP contribution in [0.25, 0.3) is 0 Å². The molecule has 0 saturated carbocycles. The molecule has 2 aromatic rings. The molecule has 0 radical (unpaired) electrons. The van der Waals surface area contributed by atoms with Crippen molar-refractivity contribution in [2.45, 2.75) is 31.6 Å². The minimum atomic E-state index is -0.943. The summed E-state index contributed by atoms with van der Waals surface area (Å²) in [5.74, 6) is -2.57. The highest BCUT2D eigenvalue weighted by atomic mass is 16.5. The molecular weight excluding hydrogens is 472 g/mol. The van der Waals surface area contributed by atoms with Gasteiger partial charge in [-0.3, -0.25) is 9.69 Å². The van der Waals surface area contributed by atoms with Gasteiger partial charge in [0.05, 0.1) is 37.4 Å². The van der Waals surface area contributed by atoms with Gasteiger partial charge in [0.1, 0.15) is 11.5 Å². The van der Waals surface area contributed by atoms with E-state index < -0.39 is 23.3 Å². The molecule has 2 N–H and O–H groups in total. The molecule has 190 valence electrons. The predicted molar refractivity (Wildman–Crippen MR) is 137 cm³/mol. The molecule has 0 bridgehead atoms. The molecule has 9 nitrogen and oxygen atoms in total. The SMILES string of the molecule is COC(=O)C1=C(C(=O)OC)N(c2ccc3c(c2)C(C)(C)CC(=O)N3C)C(N)=C(C#N)C1c1ccccc1. The van der Waals surface area contributed by atoms with Crippen molar-refractivity contribution in [3.8, 4) is 6.07 Å². The number of fused-ring (bicyclic) bond motifs is 1. The summed E-state index contributed by atoms with van der Waals surface area (Å²) in [5, 5.41) is 10.2. The van der Waals surface area contributed by atoms with Gasteiger partial charge in [-0.15, -0.1) is 0 Å². The molecule has 1 amide bonds. The lowest BCUT2D eigenvalue weighted by molar-refractivity contribution is -0.139. The summed E-state index contributed by atoms with van der Waals surface area (Å²) in [5.41, 5.74) is 8.59. The monoisotopic (exact) mass is 500 g/mol. The second-order valence-electron chi connectivity index (χ2n) is 9.55. The van der Waals surface area contributed by atoms with Crippen molar-refractivity contribution in [2.24, 2.45) is 5.73 Å². The van der Waals surface area contributed by atoms with Crippen LogP contribution in [0.2, 0.25) is 0 Å². The van der Waals surface area contributed by atoms with Gasteiger partial charge in [0, 0.05) is 30.3 Å². The van der Waals surface area contributed by atoms with Crippen molar-refractivity contribution in [2.75, 3.05) is 31.1 Å². The van der Waals surface area contributed by atoms with Gasteiger partial charge < -0.3 is 20.1 Å². The Hall–Kier alpha value is -4.58. The Morgan fingerprint density at radius 3 is 2.32 bits per heavy atom. The van der Waals surface area contributed by atoms with Crippen LogP contribution in [0, 0.1) is 11.3 Å². The summed E-state index contributed by atoms with van der Waals surface area (Å²) in [4.78, 5) is 42.0. The number of ether oxygens (including phenoxy) is 2. The first kappa shape index (κ1) is 25.5. The van der Waals surface area contributed by atoms with Gasteiger partial charge in [0.25, 0.3) is 0 Å². The topological polar surface area (TPSA) is 126 Å². The average Bonchev–Trinajstić information content (AvgIpc) is 2.90. The number of carbonyl (C=O) groups is 3. The second kappa shape index (κ2) is 9.47. The smallest absolute Gasteiger partial charge is 0.355 e. The normalized spacial score (nSPS) is 18.8. The van der Waals surface area contributed by atoms with Gasteiger partial charge in [-0.2, -0.15) is 5.26 Å². The zero-order chi connectivity index (χ0) is 27.1. The zero-order valence-electron chi connectivity index (χ0n) is 21.4. The number of nitriles is 1. The molecule has 2 heterocycles. The number of nitrogens with two attached hydrogens (primary N) is 1. The third-order valence-electron chi connectivity index (χ3n) is 6.91. The lowest BCUT2D eigenvalue weighted by atomic mass is 9.77. The summed E-state index contributed by atoms with van der Waals surface area (Å²) >= 11 is 0. The fourth-order valence-electron chi connectivity index (χ4n) is 5.01. The van der Waals surface area contributed by atoms with Crippen molar-refractivity contribution in [3.05, 3.63) is 82.3 Å². The molecule has 2 aliphatic heterocycles. The van der Waals surface area contributed by atoms with Gasteiger partial charge >= 0.3 is 11.9 Å². The van der Waals surface area contributed by atoms with Crippen molar-refractivity contribution in [3.63, 3.8) is 0 Å². The Kier molecular flexibility index (Phi) is 6.53. The minimum absolute atomic E-state index is 0.0109. The van der Waals surface area contributed by atoms with Crippen molar-refractivity contribution in [1.29, 1.82) is 5.26 Å². The maximum atomic E-state index is 13.3. The molecule has 0 aliphatic carbocycles. The number of hydrogen-bond acceptors (Lipinski definition) is 8. The number of amides is 1. The Balaban J connectivity index is 2.05. The van der Waals surface area contributed by atoms with E-state index in [1.165, 1.54) is 19.1 Å². The lowest BCUT2D eigenvalue weighted by Crippen LogP contribution is -2.42. The average molecular weight is 501 g/mol. The summed E-state index contributed by atoms with van der Waals surface area (Å²) in [6.07, 6.45) is 0.290. The second-order valence-corrected chi connectivity index (χ2v) is 9.55. The standard InChI is InChI=1S/C28H28N4O5/c1-28(2)14-21(33)31(3)20-12-11-17(13-19(20)28)32-24(27(35)37-5)23(26(34)36-4)22(18(15-29)25(32)30)16-9-7-6-8-10-16/h6-13,22H,14,30H2,1-5H3. The highest BCUT2D eigenvalue weighted by molar-refractivity contribution is 6.06. The molecule has 0 fully saturated rings. The first-order valence-electron chi connectivity index (χ1n) is 11.6. The lowest BCUT2D eigenvalue weighted by Gasteiger charge is -2.39. The summed E-state index contributed by atoms with van der Waals surface area (Å²) < 4.78 is 10.2. The molecule has 2 aliphatic rings. The van der Waals surface area contributed by atoms with E-state index in [0.717, 1.165) is 11.3 Å². The predicted octanol–water partition coefficient (Wildman–Crippen LogP) is 3.23. The van der Waals surface area contributed by atoms with Crippen LogP contribution in [0.5, 0.6) is 0 Å². The van der Waals surface area contributed by atoms with Gasteiger partial charge in [0.2, 0.25) is 5.91 Å². The van der Waals surface area contributed by atoms with Crippen LogP contribution < -0.4 is 15.5 Å².